The van der Waals surface area contributed by atoms with E-state index in [4.69, 9.17) is 0 Å². The summed E-state index contributed by atoms with van der Waals surface area (Å²) in [7, 11) is 0. The molecule has 3 heterocycles. The normalized spacial score (nSPS) is 11.3. The first-order chi connectivity index (χ1) is 13.8. The number of rotatable bonds is 3. The van der Waals surface area contributed by atoms with E-state index in [1.807, 2.05) is 60.7 Å². The predicted molar refractivity (Wildman–Crippen MR) is 109 cm³/mol. The summed E-state index contributed by atoms with van der Waals surface area (Å²) in [6.45, 7) is 2.11. The minimum Gasteiger partial charge on any atom is -0.284 e. The fourth-order valence-electron chi connectivity index (χ4n) is 3.48. The van der Waals surface area contributed by atoms with Gasteiger partial charge in [0, 0.05) is 17.4 Å². The van der Waals surface area contributed by atoms with Crippen LogP contribution < -0.4 is 5.56 Å². The molecule has 0 saturated carbocycles. The van der Waals surface area contributed by atoms with Crippen molar-refractivity contribution in [2.75, 3.05) is 0 Å². The van der Waals surface area contributed by atoms with Gasteiger partial charge in [0.05, 0.1) is 16.6 Å². The molecule has 136 valence electrons. The molecule has 5 aromatic rings. The molecule has 6 nitrogen and oxygen atoms in total. The Morgan fingerprint density at radius 2 is 1.75 bits per heavy atom. The van der Waals surface area contributed by atoms with Crippen LogP contribution in [0.5, 0.6) is 0 Å². The van der Waals surface area contributed by atoms with Crippen LogP contribution in [-0.4, -0.2) is 24.1 Å². The molecule has 28 heavy (non-hydrogen) atoms. The van der Waals surface area contributed by atoms with E-state index in [1.165, 1.54) is 11.9 Å². The third kappa shape index (κ3) is 2.50. The van der Waals surface area contributed by atoms with Gasteiger partial charge in [0.1, 0.15) is 6.33 Å². The van der Waals surface area contributed by atoms with Gasteiger partial charge in [0.25, 0.3) is 11.3 Å². The predicted octanol–water partition coefficient (Wildman–Crippen LogP) is 3.66. The molecule has 0 atom stereocenters. The van der Waals surface area contributed by atoms with Crippen LogP contribution in [0.15, 0.2) is 78.0 Å². The maximum atomic E-state index is 13.5. The van der Waals surface area contributed by atoms with E-state index in [9.17, 15) is 4.79 Å². The van der Waals surface area contributed by atoms with Crippen LogP contribution in [0.1, 0.15) is 12.5 Å². The first kappa shape index (κ1) is 16.4. The smallest absolute Gasteiger partial charge is 0.266 e. The molecule has 0 spiro atoms. The van der Waals surface area contributed by atoms with Crippen LogP contribution in [0.25, 0.3) is 33.6 Å². The van der Waals surface area contributed by atoms with Crippen LogP contribution in [0.3, 0.4) is 0 Å². The second-order valence-electron chi connectivity index (χ2n) is 6.57. The molecule has 3 aromatic heterocycles. The fraction of sp³-hybridized carbons (Fsp3) is 0.0909. The molecule has 5 rings (SSSR count). The summed E-state index contributed by atoms with van der Waals surface area (Å²) in [6, 6.07) is 19.6. The van der Waals surface area contributed by atoms with Crippen molar-refractivity contribution in [3.63, 3.8) is 0 Å². The van der Waals surface area contributed by atoms with Crippen LogP contribution in [0, 0.1) is 0 Å². The van der Waals surface area contributed by atoms with Gasteiger partial charge in [-0.3, -0.25) is 9.36 Å². The number of benzene rings is 2. The van der Waals surface area contributed by atoms with Gasteiger partial charge in [0.15, 0.2) is 0 Å². The molecular weight excluding hydrogens is 350 g/mol. The van der Waals surface area contributed by atoms with E-state index in [0.29, 0.717) is 22.4 Å². The van der Waals surface area contributed by atoms with Crippen molar-refractivity contribution in [2.24, 2.45) is 0 Å². The summed E-state index contributed by atoms with van der Waals surface area (Å²) in [5.74, 6) is 0.468. The Balaban J connectivity index is 1.86. The highest BCUT2D eigenvalue weighted by Gasteiger charge is 2.17. The summed E-state index contributed by atoms with van der Waals surface area (Å²) >= 11 is 0. The molecule has 0 saturated heterocycles. The second kappa shape index (κ2) is 6.42. The molecule has 6 heteroatoms. The van der Waals surface area contributed by atoms with Crippen molar-refractivity contribution in [1.29, 1.82) is 0 Å². The van der Waals surface area contributed by atoms with Gasteiger partial charge in [-0.25, -0.2) is 4.98 Å². The summed E-state index contributed by atoms with van der Waals surface area (Å²) < 4.78 is 3.28. The van der Waals surface area contributed by atoms with Gasteiger partial charge in [0.2, 0.25) is 0 Å². The highest BCUT2D eigenvalue weighted by molar-refractivity contribution is 5.93. The van der Waals surface area contributed by atoms with Gasteiger partial charge < -0.3 is 0 Å². The van der Waals surface area contributed by atoms with Gasteiger partial charge in [-0.05, 0) is 30.2 Å². The Kier molecular flexibility index (Phi) is 3.76. The van der Waals surface area contributed by atoms with E-state index < -0.39 is 0 Å². The van der Waals surface area contributed by atoms with Crippen molar-refractivity contribution in [3.8, 4) is 16.9 Å². The first-order valence-corrected chi connectivity index (χ1v) is 9.16. The molecule has 0 aliphatic carbocycles. The zero-order valence-corrected chi connectivity index (χ0v) is 15.3. The molecule has 0 amide bonds. The van der Waals surface area contributed by atoms with Gasteiger partial charge in [-0.1, -0.05) is 49.4 Å². The van der Waals surface area contributed by atoms with Crippen molar-refractivity contribution in [3.05, 3.63) is 89.1 Å². The van der Waals surface area contributed by atoms with Crippen LogP contribution in [0.2, 0.25) is 0 Å². The van der Waals surface area contributed by atoms with Crippen molar-refractivity contribution in [1.82, 2.24) is 24.1 Å². The molecule has 0 aliphatic rings. The third-order valence-corrected chi connectivity index (χ3v) is 4.94. The summed E-state index contributed by atoms with van der Waals surface area (Å²) in [6.07, 6.45) is 4.18. The number of hydrogen-bond acceptors (Lipinski definition) is 4. The van der Waals surface area contributed by atoms with Crippen molar-refractivity contribution < 1.29 is 0 Å². The fourth-order valence-corrected chi connectivity index (χ4v) is 3.48. The van der Waals surface area contributed by atoms with Crippen molar-refractivity contribution in [2.45, 2.75) is 13.3 Å². The molecule has 0 N–H and O–H groups in total. The quantitative estimate of drug-likeness (QED) is 0.488. The van der Waals surface area contributed by atoms with Crippen LogP contribution in [0.4, 0.5) is 0 Å². The average molecular weight is 367 g/mol. The lowest BCUT2D eigenvalue weighted by molar-refractivity contribution is 0.948. The Bertz CT molecular complexity index is 1350. The van der Waals surface area contributed by atoms with Gasteiger partial charge in [-0.2, -0.15) is 14.6 Å². The lowest BCUT2D eigenvalue weighted by Crippen LogP contribution is -2.20. The highest BCUT2D eigenvalue weighted by Crippen LogP contribution is 2.26. The zero-order valence-electron chi connectivity index (χ0n) is 15.3. The molecule has 0 radical (unpaired) electrons. The number of aromatic nitrogens is 5. The average Bonchev–Trinajstić information content (AvgIpc) is 3.21. The summed E-state index contributed by atoms with van der Waals surface area (Å²) in [5, 5.41) is 4.83. The number of hydrogen-bond donors (Lipinski definition) is 0. The van der Waals surface area contributed by atoms with E-state index in [0.717, 1.165) is 17.7 Å². The molecular formula is C22H17N5O. The minimum absolute atomic E-state index is 0.134. The molecule has 0 fully saturated rings. The Labute approximate surface area is 160 Å². The van der Waals surface area contributed by atoms with E-state index in [1.54, 1.807) is 15.3 Å². The maximum absolute atomic E-state index is 13.5. The monoisotopic (exact) mass is 367 g/mol. The highest BCUT2D eigenvalue weighted by atomic mass is 16.1. The second-order valence-corrected chi connectivity index (χ2v) is 6.57. The maximum Gasteiger partial charge on any atom is 0.266 e. The SMILES string of the molecule is CCc1ccc(-n2ccc3nc4ncnn4c(-c4ccccc4)c3c2=O)cc1. The Morgan fingerprint density at radius 3 is 2.50 bits per heavy atom. The van der Waals surface area contributed by atoms with Crippen LogP contribution >= 0.6 is 0 Å². The molecule has 0 unspecified atom stereocenters. The zero-order chi connectivity index (χ0) is 19.1. The Morgan fingerprint density at radius 1 is 0.964 bits per heavy atom. The number of fused-ring (bicyclic) bond motifs is 2. The summed E-state index contributed by atoms with van der Waals surface area (Å²) in [4.78, 5) is 22.2. The first-order valence-electron chi connectivity index (χ1n) is 9.16. The lowest BCUT2D eigenvalue weighted by Gasteiger charge is -2.12. The number of aryl methyl sites for hydroxylation is 1. The standard InChI is InChI=1S/C22H17N5O/c1-2-15-8-10-17(11-9-15)26-13-12-18-19(21(26)28)20(16-6-4-3-5-7-16)27-22(25-18)23-14-24-27/h3-14H,2H2,1H3. The third-order valence-electron chi connectivity index (χ3n) is 4.94. The van der Waals surface area contributed by atoms with E-state index >= 15 is 0 Å². The number of nitrogens with zero attached hydrogens (tertiary/aromatic N) is 5. The molecule has 2 aromatic carbocycles. The summed E-state index contributed by atoms with van der Waals surface area (Å²) in [5.41, 5.74) is 4.11. The van der Waals surface area contributed by atoms with Gasteiger partial charge in [-0.15, -0.1) is 0 Å². The van der Waals surface area contributed by atoms with E-state index in [-0.39, 0.29) is 5.56 Å². The largest absolute Gasteiger partial charge is 0.284 e. The molecule has 0 bridgehead atoms. The van der Waals surface area contributed by atoms with Gasteiger partial charge >= 0.3 is 0 Å². The van der Waals surface area contributed by atoms with Crippen molar-refractivity contribution >= 4 is 16.7 Å². The van der Waals surface area contributed by atoms with E-state index in [2.05, 4.69) is 22.0 Å². The topological polar surface area (TPSA) is 65.1 Å². The Hall–Kier alpha value is -3.80. The van der Waals surface area contributed by atoms with Crippen LogP contribution in [-0.2, 0) is 6.42 Å². The lowest BCUT2D eigenvalue weighted by atomic mass is 10.1. The number of pyridine rings is 1. The minimum atomic E-state index is -0.134. The molecule has 0 aliphatic heterocycles.